The fraction of sp³-hybridized carbons (Fsp3) is 0.214. The lowest BCUT2D eigenvalue weighted by Gasteiger charge is -2.14. The molecular weight excluding hydrogens is 262 g/mol. The first kappa shape index (κ1) is 13.6. The average molecular weight is 278 g/mol. The van der Waals surface area contributed by atoms with Crippen LogP contribution in [0.25, 0.3) is 0 Å². The maximum absolute atomic E-state index is 6.17. The monoisotopic (exact) mass is 277 g/mol. The molecule has 2 rings (SSSR count). The molecule has 5 heteroatoms. The Balaban J connectivity index is 2.20. The molecule has 1 heterocycles. The topological polar surface area (TPSA) is 74.2 Å². The van der Waals surface area contributed by atoms with E-state index in [-0.39, 0.29) is 6.04 Å². The van der Waals surface area contributed by atoms with E-state index in [0.717, 1.165) is 16.9 Å². The average Bonchev–Trinajstić information content (AvgIpc) is 2.41. The molecule has 1 unspecified atom stereocenters. The van der Waals surface area contributed by atoms with Gasteiger partial charge >= 0.3 is 0 Å². The molecule has 4 N–H and O–H groups in total. The number of methoxy groups -OCH3 is 1. The van der Waals surface area contributed by atoms with Crippen molar-refractivity contribution in [3.05, 3.63) is 52.7 Å². The number of hydrogen-bond acceptors (Lipinski definition) is 4. The van der Waals surface area contributed by atoms with Crippen molar-refractivity contribution in [3.8, 4) is 5.75 Å². The zero-order valence-electron chi connectivity index (χ0n) is 10.6. The summed E-state index contributed by atoms with van der Waals surface area (Å²) < 4.78 is 5.19. The maximum atomic E-state index is 6.17. The molecule has 1 aromatic carbocycles. The number of nitrogens with zero attached hydrogens (tertiary/aromatic N) is 1. The van der Waals surface area contributed by atoms with Gasteiger partial charge in [0, 0.05) is 17.8 Å². The Kier molecular flexibility index (Phi) is 4.24. The minimum absolute atomic E-state index is 0.252. The predicted molar refractivity (Wildman–Crippen MR) is 77.3 cm³/mol. The highest BCUT2D eigenvalue weighted by molar-refractivity contribution is 6.30. The van der Waals surface area contributed by atoms with E-state index in [1.165, 1.54) is 6.20 Å². The van der Waals surface area contributed by atoms with Gasteiger partial charge in [0.05, 0.1) is 12.1 Å². The van der Waals surface area contributed by atoms with Crippen LogP contribution in [-0.4, -0.2) is 12.1 Å². The Morgan fingerprint density at radius 1 is 1.37 bits per heavy atom. The molecule has 0 aliphatic rings. The number of pyridine rings is 1. The van der Waals surface area contributed by atoms with E-state index in [0.29, 0.717) is 17.3 Å². The third-order valence-electron chi connectivity index (χ3n) is 2.91. The normalized spacial score (nSPS) is 12.2. The number of hydrogen-bond donors (Lipinski definition) is 2. The molecule has 0 fully saturated rings. The minimum Gasteiger partial charge on any atom is -0.497 e. The fourth-order valence-corrected chi connectivity index (χ4v) is 2.09. The summed E-state index contributed by atoms with van der Waals surface area (Å²) in [6, 6.07) is 9.28. The summed E-state index contributed by atoms with van der Waals surface area (Å²) in [5, 5.41) is 0.533. The van der Waals surface area contributed by atoms with Crippen molar-refractivity contribution in [2.75, 3.05) is 12.8 Å². The number of nitrogens with two attached hydrogens (primary N) is 2. The summed E-state index contributed by atoms with van der Waals surface area (Å²) in [6.07, 6.45) is 2.15. The maximum Gasteiger partial charge on any atom is 0.128 e. The van der Waals surface area contributed by atoms with Crippen LogP contribution in [0.1, 0.15) is 17.2 Å². The van der Waals surface area contributed by atoms with Crippen molar-refractivity contribution in [2.24, 2.45) is 5.73 Å². The van der Waals surface area contributed by atoms with Crippen molar-refractivity contribution in [2.45, 2.75) is 12.5 Å². The highest BCUT2D eigenvalue weighted by Gasteiger charge is 2.12. The zero-order valence-corrected chi connectivity index (χ0v) is 11.4. The van der Waals surface area contributed by atoms with Gasteiger partial charge in [0.15, 0.2) is 0 Å². The first-order valence-corrected chi connectivity index (χ1v) is 6.27. The van der Waals surface area contributed by atoms with E-state index in [1.807, 2.05) is 24.3 Å². The SMILES string of the molecule is COc1cccc(CC(N)c2cc(Cl)cnc2N)c1. The summed E-state index contributed by atoms with van der Waals surface area (Å²) in [5.41, 5.74) is 13.8. The standard InChI is InChI=1S/C14H16ClN3O/c1-19-11-4-2-3-9(5-11)6-13(16)12-7-10(15)8-18-14(12)17/h2-5,7-8,13H,6,16H2,1H3,(H2,17,18). The van der Waals surface area contributed by atoms with Crippen LogP contribution < -0.4 is 16.2 Å². The van der Waals surface area contributed by atoms with Crippen LogP contribution in [0.4, 0.5) is 5.82 Å². The van der Waals surface area contributed by atoms with Crippen molar-refractivity contribution >= 4 is 17.4 Å². The third kappa shape index (κ3) is 3.36. The molecule has 19 heavy (non-hydrogen) atoms. The smallest absolute Gasteiger partial charge is 0.128 e. The van der Waals surface area contributed by atoms with Crippen molar-refractivity contribution in [1.29, 1.82) is 0 Å². The Bertz CT molecular complexity index is 574. The molecule has 0 aliphatic heterocycles. The number of ether oxygens (including phenoxy) is 1. The van der Waals surface area contributed by atoms with Crippen LogP contribution >= 0.6 is 11.6 Å². The minimum atomic E-state index is -0.252. The molecule has 0 bridgehead atoms. The Hall–Kier alpha value is -1.78. The summed E-state index contributed by atoms with van der Waals surface area (Å²) in [6.45, 7) is 0. The van der Waals surface area contributed by atoms with Crippen LogP contribution in [0.3, 0.4) is 0 Å². The molecule has 0 spiro atoms. The van der Waals surface area contributed by atoms with E-state index in [1.54, 1.807) is 13.2 Å². The number of rotatable bonds is 4. The molecule has 0 saturated carbocycles. The zero-order chi connectivity index (χ0) is 13.8. The van der Waals surface area contributed by atoms with Crippen LogP contribution in [0.5, 0.6) is 5.75 Å². The van der Waals surface area contributed by atoms with Gasteiger partial charge in [0.2, 0.25) is 0 Å². The molecule has 0 aliphatic carbocycles. The van der Waals surface area contributed by atoms with Crippen LogP contribution in [0.15, 0.2) is 36.5 Å². The molecular formula is C14H16ClN3O. The van der Waals surface area contributed by atoms with Crippen LogP contribution in [-0.2, 0) is 6.42 Å². The molecule has 1 aromatic heterocycles. The molecule has 0 amide bonds. The number of halogens is 1. The number of benzene rings is 1. The second-order valence-corrected chi connectivity index (χ2v) is 4.73. The number of anilines is 1. The third-order valence-corrected chi connectivity index (χ3v) is 3.11. The van der Waals surface area contributed by atoms with Crippen LogP contribution in [0.2, 0.25) is 5.02 Å². The lowest BCUT2D eigenvalue weighted by atomic mass is 10.00. The largest absolute Gasteiger partial charge is 0.497 e. The summed E-state index contributed by atoms with van der Waals surface area (Å²) in [5.74, 6) is 1.22. The molecule has 2 aromatic rings. The first-order valence-electron chi connectivity index (χ1n) is 5.89. The first-order chi connectivity index (χ1) is 9.10. The molecule has 4 nitrogen and oxygen atoms in total. The van der Waals surface area contributed by atoms with Gasteiger partial charge in [0.1, 0.15) is 11.6 Å². The molecule has 100 valence electrons. The van der Waals surface area contributed by atoms with E-state index in [9.17, 15) is 0 Å². The van der Waals surface area contributed by atoms with Crippen molar-refractivity contribution < 1.29 is 4.74 Å². The lowest BCUT2D eigenvalue weighted by Crippen LogP contribution is -2.16. The van der Waals surface area contributed by atoms with Crippen molar-refractivity contribution in [1.82, 2.24) is 4.98 Å². The van der Waals surface area contributed by atoms with Gasteiger partial charge in [-0.2, -0.15) is 0 Å². The second-order valence-electron chi connectivity index (χ2n) is 4.29. The fourth-order valence-electron chi connectivity index (χ4n) is 1.93. The highest BCUT2D eigenvalue weighted by Crippen LogP contribution is 2.24. The molecule has 0 radical (unpaired) electrons. The van der Waals surface area contributed by atoms with Gasteiger partial charge in [0.25, 0.3) is 0 Å². The van der Waals surface area contributed by atoms with Crippen LogP contribution in [0, 0.1) is 0 Å². The highest BCUT2D eigenvalue weighted by atomic mass is 35.5. The summed E-state index contributed by atoms with van der Waals surface area (Å²) >= 11 is 5.92. The van der Waals surface area contributed by atoms with Crippen molar-refractivity contribution in [3.63, 3.8) is 0 Å². The van der Waals surface area contributed by atoms with E-state index in [2.05, 4.69) is 4.98 Å². The Morgan fingerprint density at radius 2 is 2.16 bits per heavy atom. The second kappa shape index (κ2) is 5.91. The lowest BCUT2D eigenvalue weighted by molar-refractivity contribution is 0.414. The molecule has 0 saturated heterocycles. The quantitative estimate of drug-likeness (QED) is 0.901. The van der Waals surface area contributed by atoms with Gasteiger partial charge in [-0.25, -0.2) is 4.98 Å². The predicted octanol–water partition coefficient (Wildman–Crippen LogP) is 2.57. The number of nitrogen functional groups attached to an aromatic ring is 1. The van der Waals surface area contributed by atoms with E-state index >= 15 is 0 Å². The van der Waals surface area contributed by atoms with Gasteiger partial charge in [-0.05, 0) is 30.2 Å². The summed E-state index contributed by atoms with van der Waals surface area (Å²) in [4.78, 5) is 4.02. The molecule has 1 atom stereocenters. The van der Waals surface area contributed by atoms with Gasteiger partial charge in [-0.15, -0.1) is 0 Å². The Labute approximate surface area is 117 Å². The van der Waals surface area contributed by atoms with E-state index < -0.39 is 0 Å². The van der Waals surface area contributed by atoms with Gasteiger partial charge in [-0.1, -0.05) is 23.7 Å². The Morgan fingerprint density at radius 3 is 2.89 bits per heavy atom. The van der Waals surface area contributed by atoms with Gasteiger partial charge in [-0.3, -0.25) is 0 Å². The number of aromatic nitrogens is 1. The summed E-state index contributed by atoms with van der Waals surface area (Å²) in [7, 11) is 1.64. The van der Waals surface area contributed by atoms with E-state index in [4.69, 9.17) is 27.8 Å². The van der Waals surface area contributed by atoms with Gasteiger partial charge < -0.3 is 16.2 Å².